The Bertz CT molecular complexity index is 528. The lowest BCUT2D eigenvalue weighted by molar-refractivity contribution is -0.275. The molecule has 0 bridgehead atoms. The van der Waals surface area contributed by atoms with Gasteiger partial charge in [-0.25, -0.2) is 4.98 Å². The molecule has 0 saturated carbocycles. The number of alkyl halides is 6. The zero-order chi connectivity index (χ0) is 15.7. The molecule has 1 aromatic rings. The smallest absolute Gasteiger partial charge is 0.481 e. The van der Waals surface area contributed by atoms with Crippen LogP contribution >= 0.6 is 22.6 Å². The van der Waals surface area contributed by atoms with Gasteiger partial charge in [-0.05, 0) is 22.6 Å². The summed E-state index contributed by atoms with van der Waals surface area (Å²) in [5, 5.41) is 8.57. The van der Waals surface area contributed by atoms with E-state index in [-0.39, 0.29) is 6.20 Å². The van der Waals surface area contributed by atoms with Crippen molar-refractivity contribution in [2.75, 3.05) is 0 Å². The maximum absolute atomic E-state index is 12.6. The first-order chi connectivity index (χ1) is 8.92. The lowest BCUT2D eigenvalue weighted by Gasteiger charge is -2.16. The second kappa shape index (κ2) is 5.61. The zero-order valence-electron chi connectivity index (χ0n) is 9.14. The van der Waals surface area contributed by atoms with Crippen LogP contribution in [0.2, 0.25) is 0 Å². The van der Waals surface area contributed by atoms with E-state index < -0.39 is 45.5 Å². The van der Waals surface area contributed by atoms with Crippen molar-refractivity contribution >= 4 is 28.6 Å². The average Bonchev–Trinajstić information content (AvgIpc) is 2.18. The van der Waals surface area contributed by atoms with Crippen LogP contribution in [0.25, 0.3) is 0 Å². The third-order valence-electron chi connectivity index (χ3n) is 1.90. The molecule has 0 aliphatic carbocycles. The number of carbonyl (C=O) groups is 1. The SMILES string of the molecule is O=C(O)Cc1c(OC(F)(F)F)cnc(C(F)(F)F)c1I. The summed E-state index contributed by atoms with van der Waals surface area (Å²) in [6.07, 6.45) is -10.9. The van der Waals surface area contributed by atoms with Gasteiger partial charge in [0.1, 0.15) is 0 Å². The van der Waals surface area contributed by atoms with Crippen molar-refractivity contribution in [3.8, 4) is 5.75 Å². The Hall–Kier alpha value is -1.27. The van der Waals surface area contributed by atoms with Gasteiger partial charge in [-0.1, -0.05) is 0 Å². The van der Waals surface area contributed by atoms with Gasteiger partial charge in [-0.3, -0.25) is 4.79 Å². The minimum Gasteiger partial charge on any atom is -0.481 e. The van der Waals surface area contributed by atoms with Crippen molar-refractivity contribution in [1.29, 1.82) is 0 Å². The fourth-order valence-electron chi connectivity index (χ4n) is 1.24. The Balaban J connectivity index is 3.40. The van der Waals surface area contributed by atoms with Crippen LogP contribution in [0, 0.1) is 3.57 Å². The first-order valence-corrected chi connectivity index (χ1v) is 5.72. The van der Waals surface area contributed by atoms with Crippen LogP contribution in [0.15, 0.2) is 6.20 Å². The molecule has 1 N–H and O–H groups in total. The van der Waals surface area contributed by atoms with Gasteiger partial charge >= 0.3 is 18.5 Å². The largest absolute Gasteiger partial charge is 0.573 e. The van der Waals surface area contributed by atoms with Crippen LogP contribution in [0.1, 0.15) is 11.3 Å². The first-order valence-electron chi connectivity index (χ1n) is 4.64. The minimum atomic E-state index is -5.17. The molecule has 0 saturated heterocycles. The molecule has 11 heteroatoms. The van der Waals surface area contributed by atoms with Gasteiger partial charge in [-0.2, -0.15) is 13.2 Å². The molecule has 0 aliphatic heterocycles. The van der Waals surface area contributed by atoms with Gasteiger partial charge in [0.05, 0.1) is 16.2 Å². The zero-order valence-corrected chi connectivity index (χ0v) is 11.3. The second-order valence-corrected chi connectivity index (χ2v) is 4.46. The number of aliphatic carboxylic acids is 1. The van der Waals surface area contributed by atoms with Crippen molar-refractivity contribution in [3.05, 3.63) is 21.0 Å². The molecule has 112 valence electrons. The fourth-order valence-corrected chi connectivity index (χ4v) is 2.14. The molecule has 4 nitrogen and oxygen atoms in total. The fraction of sp³-hybridized carbons (Fsp3) is 0.333. The van der Waals surface area contributed by atoms with Crippen molar-refractivity contribution in [2.45, 2.75) is 19.0 Å². The van der Waals surface area contributed by atoms with E-state index >= 15 is 0 Å². The van der Waals surface area contributed by atoms with Gasteiger partial charge in [0, 0.05) is 5.56 Å². The van der Waals surface area contributed by atoms with Crippen molar-refractivity contribution in [1.82, 2.24) is 4.98 Å². The van der Waals surface area contributed by atoms with Gasteiger partial charge in [0.15, 0.2) is 11.4 Å². The Kier molecular flexibility index (Phi) is 4.71. The van der Waals surface area contributed by atoms with Crippen molar-refractivity contribution < 1.29 is 41.0 Å². The van der Waals surface area contributed by atoms with E-state index in [1.165, 1.54) is 0 Å². The number of halogens is 7. The lowest BCUT2D eigenvalue weighted by atomic mass is 10.1. The first kappa shape index (κ1) is 16.8. The highest BCUT2D eigenvalue weighted by atomic mass is 127. The number of pyridine rings is 1. The third kappa shape index (κ3) is 4.38. The summed E-state index contributed by atoms with van der Waals surface area (Å²) in [6.45, 7) is 0. The second-order valence-electron chi connectivity index (χ2n) is 3.38. The number of hydrogen-bond acceptors (Lipinski definition) is 3. The Morgan fingerprint density at radius 1 is 1.30 bits per heavy atom. The van der Waals surface area contributed by atoms with E-state index in [2.05, 4.69) is 9.72 Å². The summed E-state index contributed by atoms with van der Waals surface area (Å²) in [4.78, 5) is 13.4. The monoisotopic (exact) mass is 415 g/mol. The molecule has 20 heavy (non-hydrogen) atoms. The summed E-state index contributed by atoms with van der Waals surface area (Å²) in [5.41, 5.74) is -2.21. The standard InChI is InChI=1S/C9H4F6INO3/c10-8(11,12)7-6(16)3(1-5(18)19)4(2-17-7)20-9(13,14)15/h2H,1H2,(H,18,19). The van der Waals surface area contributed by atoms with Crippen LogP contribution in [-0.2, 0) is 17.4 Å². The molecule has 0 aliphatic rings. The molecular weight excluding hydrogens is 411 g/mol. The molecule has 0 atom stereocenters. The molecule has 1 aromatic heterocycles. The molecule has 1 heterocycles. The van der Waals surface area contributed by atoms with E-state index in [9.17, 15) is 31.1 Å². The Labute approximate surface area is 120 Å². The topological polar surface area (TPSA) is 59.4 Å². The Morgan fingerprint density at radius 2 is 1.85 bits per heavy atom. The highest BCUT2D eigenvalue weighted by molar-refractivity contribution is 14.1. The van der Waals surface area contributed by atoms with Crippen LogP contribution in [-0.4, -0.2) is 22.4 Å². The summed E-state index contributed by atoms with van der Waals surface area (Å²) < 4.78 is 76.7. The molecule has 0 aromatic carbocycles. The number of hydrogen-bond donors (Lipinski definition) is 1. The predicted molar refractivity (Wildman–Crippen MR) is 60.0 cm³/mol. The third-order valence-corrected chi connectivity index (χ3v) is 3.07. The molecule has 0 unspecified atom stereocenters. The summed E-state index contributed by atoms with van der Waals surface area (Å²) in [6, 6.07) is 0. The minimum absolute atomic E-state index is 0.205. The van der Waals surface area contributed by atoms with E-state index in [4.69, 9.17) is 5.11 Å². The Morgan fingerprint density at radius 3 is 2.25 bits per heavy atom. The van der Waals surface area contributed by atoms with Gasteiger partial charge < -0.3 is 9.84 Å². The normalized spacial score (nSPS) is 12.3. The van der Waals surface area contributed by atoms with Crippen molar-refractivity contribution in [2.24, 2.45) is 0 Å². The number of aromatic nitrogens is 1. The molecule has 0 fully saturated rings. The number of carboxylic acids is 1. The van der Waals surface area contributed by atoms with E-state index in [0.717, 1.165) is 22.6 Å². The van der Waals surface area contributed by atoms with Gasteiger partial charge in [-0.15, -0.1) is 13.2 Å². The van der Waals surface area contributed by atoms with Crippen LogP contribution < -0.4 is 4.74 Å². The number of ether oxygens (including phenoxy) is 1. The summed E-state index contributed by atoms with van der Waals surface area (Å²) in [5.74, 6) is -2.67. The van der Waals surface area contributed by atoms with E-state index in [1.807, 2.05) is 0 Å². The molecule has 1 rings (SSSR count). The summed E-state index contributed by atoms with van der Waals surface area (Å²) >= 11 is 1.08. The highest BCUT2D eigenvalue weighted by Gasteiger charge is 2.39. The summed E-state index contributed by atoms with van der Waals surface area (Å²) in [7, 11) is 0. The number of nitrogens with zero attached hydrogens (tertiary/aromatic N) is 1. The number of carboxylic acid groups (broad SMARTS) is 1. The molecule has 0 radical (unpaired) electrons. The van der Waals surface area contributed by atoms with Gasteiger partial charge in [0.2, 0.25) is 0 Å². The van der Waals surface area contributed by atoms with E-state index in [1.54, 1.807) is 0 Å². The average molecular weight is 415 g/mol. The van der Waals surface area contributed by atoms with Gasteiger partial charge in [0.25, 0.3) is 0 Å². The maximum Gasteiger partial charge on any atom is 0.573 e. The van der Waals surface area contributed by atoms with Crippen LogP contribution in [0.5, 0.6) is 5.75 Å². The molecule has 0 amide bonds. The van der Waals surface area contributed by atoms with Crippen LogP contribution in [0.4, 0.5) is 26.3 Å². The predicted octanol–water partition coefficient (Wildman–Crippen LogP) is 3.23. The lowest BCUT2D eigenvalue weighted by Crippen LogP contribution is -2.21. The quantitative estimate of drug-likeness (QED) is 0.609. The highest BCUT2D eigenvalue weighted by Crippen LogP contribution is 2.37. The number of rotatable bonds is 3. The van der Waals surface area contributed by atoms with Crippen molar-refractivity contribution in [3.63, 3.8) is 0 Å². The maximum atomic E-state index is 12.6. The molecular formula is C9H4F6INO3. The van der Waals surface area contributed by atoms with E-state index in [0.29, 0.717) is 0 Å². The van der Waals surface area contributed by atoms with Crippen LogP contribution in [0.3, 0.4) is 0 Å². The molecule has 0 spiro atoms.